The van der Waals surface area contributed by atoms with Gasteiger partial charge in [0.25, 0.3) is 0 Å². The van der Waals surface area contributed by atoms with Crippen LogP contribution in [-0.2, 0) is 24.0 Å². The Hall–Kier alpha value is -2.77. The van der Waals surface area contributed by atoms with Crippen molar-refractivity contribution >= 4 is 29.6 Å². The Morgan fingerprint density at radius 3 is 1.83 bits per heavy atom. The molecule has 0 heterocycles. The molecular weight excluding hydrogens is 402 g/mol. The number of carbonyl (C=O) groups excluding carboxylic acids is 4. The number of nitrogens with one attached hydrogen (secondary N) is 3. The minimum atomic E-state index is -1.53. The highest BCUT2D eigenvalue weighted by molar-refractivity contribution is 5.94. The highest BCUT2D eigenvalue weighted by atomic mass is 16.4. The number of aliphatic carboxylic acids is 1. The molecule has 10 N–H and O–H groups in total. The van der Waals surface area contributed by atoms with E-state index in [1.165, 1.54) is 6.92 Å². The number of amides is 4. The van der Waals surface area contributed by atoms with Gasteiger partial charge in [0.2, 0.25) is 23.6 Å². The van der Waals surface area contributed by atoms with Gasteiger partial charge in [-0.15, -0.1) is 0 Å². The minimum Gasteiger partial charge on any atom is -0.480 e. The average molecular weight is 433 g/mol. The van der Waals surface area contributed by atoms with Gasteiger partial charge < -0.3 is 42.7 Å². The van der Waals surface area contributed by atoms with E-state index in [4.69, 9.17) is 16.6 Å². The van der Waals surface area contributed by atoms with E-state index in [1.54, 1.807) is 13.8 Å². The molecular formula is C17H31N5O8. The number of hydrogen-bond donors (Lipinski definition) is 8. The van der Waals surface area contributed by atoms with Gasteiger partial charge in [0, 0.05) is 6.42 Å². The third kappa shape index (κ3) is 9.15. The molecule has 0 spiro atoms. The molecule has 0 radical (unpaired) electrons. The van der Waals surface area contributed by atoms with Crippen LogP contribution in [0.25, 0.3) is 0 Å². The molecule has 13 heteroatoms. The molecule has 0 aromatic heterocycles. The lowest BCUT2D eigenvalue weighted by molar-refractivity contribution is -0.144. The summed E-state index contributed by atoms with van der Waals surface area (Å²) in [6.07, 6.45) is -1.64. The molecule has 4 amide bonds. The van der Waals surface area contributed by atoms with Crippen molar-refractivity contribution in [2.75, 3.05) is 6.61 Å². The van der Waals surface area contributed by atoms with Gasteiger partial charge in [-0.25, -0.2) is 4.79 Å². The van der Waals surface area contributed by atoms with Gasteiger partial charge >= 0.3 is 5.97 Å². The van der Waals surface area contributed by atoms with Crippen LogP contribution in [0, 0.1) is 5.92 Å². The lowest BCUT2D eigenvalue weighted by atomic mass is 10.0. The Balaban J connectivity index is 5.13. The number of rotatable bonds is 13. The highest BCUT2D eigenvalue weighted by Crippen LogP contribution is 2.03. The van der Waals surface area contributed by atoms with E-state index >= 15 is 0 Å². The van der Waals surface area contributed by atoms with E-state index in [-0.39, 0.29) is 12.8 Å². The molecule has 0 aromatic rings. The number of carboxylic acids is 1. The smallest absolute Gasteiger partial charge is 0.326 e. The Labute approximate surface area is 173 Å². The second kappa shape index (κ2) is 12.7. The monoisotopic (exact) mass is 433 g/mol. The van der Waals surface area contributed by atoms with Crippen LogP contribution in [0.15, 0.2) is 0 Å². The molecule has 0 aliphatic heterocycles. The summed E-state index contributed by atoms with van der Waals surface area (Å²) in [6.45, 7) is 3.46. The number of hydrogen-bond acceptors (Lipinski definition) is 8. The van der Waals surface area contributed by atoms with Crippen molar-refractivity contribution in [3.63, 3.8) is 0 Å². The van der Waals surface area contributed by atoms with Gasteiger partial charge in [-0.1, -0.05) is 13.8 Å². The van der Waals surface area contributed by atoms with Crippen LogP contribution in [0.1, 0.15) is 33.6 Å². The Morgan fingerprint density at radius 2 is 1.43 bits per heavy atom. The first-order chi connectivity index (χ1) is 13.8. The molecule has 0 aliphatic rings. The van der Waals surface area contributed by atoms with Crippen LogP contribution < -0.4 is 27.4 Å². The summed E-state index contributed by atoms with van der Waals surface area (Å²) in [6, 6.07) is -5.48. The molecule has 0 fully saturated rings. The van der Waals surface area contributed by atoms with Crippen molar-refractivity contribution in [1.29, 1.82) is 0 Å². The summed E-state index contributed by atoms with van der Waals surface area (Å²) < 4.78 is 0. The molecule has 0 aliphatic carbocycles. The number of nitrogens with two attached hydrogens (primary N) is 2. The third-order valence-corrected chi connectivity index (χ3v) is 4.15. The van der Waals surface area contributed by atoms with E-state index < -0.39 is 72.4 Å². The van der Waals surface area contributed by atoms with Crippen molar-refractivity contribution in [1.82, 2.24) is 16.0 Å². The molecule has 0 bridgehead atoms. The Kier molecular flexibility index (Phi) is 11.5. The van der Waals surface area contributed by atoms with Gasteiger partial charge in [-0.05, 0) is 19.3 Å². The Bertz CT molecular complexity index is 640. The topological polar surface area (TPSA) is 234 Å². The molecule has 0 saturated carbocycles. The molecule has 13 nitrogen and oxygen atoms in total. The van der Waals surface area contributed by atoms with E-state index in [0.717, 1.165) is 0 Å². The van der Waals surface area contributed by atoms with Crippen LogP contribution in [0.3, 0.4) is 0 Å². The van der Waals surface area contributed by atoms with Crippen LogP contribution in [0.5, 0.6) is 0 Å². The molecule has 5 unspecified atom stereocenters. The summed E-state index contributed by atoms with van der Waals surface area (Å²) in [7, 11) is 0. The van der Waals surface area contributed by atoms with E-state index in [1.807, 2.05) is 0 Å². The zero-order valence-corrected chi connectivity index (χ0v) is 17.1. The van der Waals surface area contributed by atoms with Gasteiger partial charge in [0.1, 0.15) is 18.1 Å². The SMILES string of the molecule is CC(C)C(NC(=O)C(CO)NC(=O)C(NC(=O)C(N)CCC(N)=O)C(C)O)C(=O)O. The minimum absolute atomic E-state index is 0.0806. The molecule has 5 atom stereocenters. The van der Waals surface area contributed by atoms with Crippen molar-refractivity contribution in [2.45, 2.75) is 63.9 Å². The maximum atomic E-state index is 12.4. The van der Waals surface area contributed by atoms with E-state index in [2.05, 4.69) is 16.0 Å². The summed E-state index contributed by atoms with van der Waals surface area (Å²) in [5.74, 6) is -5.23. The second-order valence-corrected chi connectivity index (χ2v) is 7.15. The first-order valence-corrected chi connectivity index (χ1v) is 9.28. The van der Waals surface area contributed by atoms with Crippen LogP contribution >= 0.6 is 0 Å². The summed E-state index contributed by atoms with van der Waals surface area (Å²) in [4.78, 5) is 58.7. The summed E-state index contributed by atoms with van der Waals surface area (Å²) in [5, 5.41) is 34.9. The second-order valence-electron chi connectivity index (χ2n) is 7.15. The molecule has 0 rings (SSSR count). The standard InChI is InChI=1S/C17H31N5O8/c1-7(2)12(17(29)30)21-15(27)10(6-23)20-16(28)13(8(3)24)22-14(26)9(18)4-5-11(19)25/h7-10,12-13,23-24H,4-6,18H2,1-3H3,(H2,19,25)(H,20,28)(H,21,27)(H,22,26)(H,29,30). The van der Waals surface area contributed by atoms with Crippen LogP contribution in [0.4, 0.5) is 0 Å². The number of aliphatic hydroxyl groups excluding tert-OH is 2. The predicted octanol–water partition coefficient (Wildman–Crippen LogP) is -3.85. The van der Waals surface area contributed by atoms with Crippen molar-refractivity contribution in [3.8, 4) is 0 Å². The summed E-state index contributed by atoms with van der Waals surface area (Å²) >= 11 is 0. The van der Waals surface area contributed by atoms with Gasteiger partial charge in [0.05, 0.1) is 18.8 Å². The Morgan fingerprint density at radius 1 is 0.900 bits per heavy atom. The highest BCUT2D eigenvalue weighted by Gasteiger charge is 2.32. The lowest BCUT2D eigenvalue weighted by Gasteiger charge is -2.26. The number of carbonyl (C=O) groups is 5. The maximum Gasteiger partial charge on any atom is 0.326 e. The van der Waals surface area contributed by atoms with E-state index in [0.29, 0.717) is 0 Å². The van der Waals surface area contributed by atoms with Gasteiger partial charge in [-0.3, -0.25) is 19.2 Å². The number of carboxylic acid groups (broad SMARTS) is 1. The normalized spacial score (nSPS) is 16.0. The van der Waals surface area contributed by atoms with E-state index in [9.17, 15) is 34.2 Å². The zero-order valence-electron chi connectivity index (χ0n) is 17.1. The third-order valence-electron chi connectivity index (χ3n) is 4.15. The average Bonchev–Trinajstić information content (AvgIpc) is 2.64. The fraction of sp³-hybridized carbons (Fsp3) is 0.706. The maximum absolute atomic E-state index is 12.4. The fourth-order valence-electron chi connectivity index (χ4n) is 2.32. The summed E-state index contributed by atoms with van der Waals surface area (Å²) in [5.41, 5.74) is 10.6. The van der Waals surface area contributed by atoms with Crippen LogP contribution in [-0.4, -0.2) is 81.8 Å². The van der Waals surface area contributed by atoms with Crippen molar-refractivity contribution in [2.24, 2.45) is 17.4 Å². The fourth-order valence-corrected chi connectivity index (χ4v) is 2.32. The quantitative estimate of drug-likeness (QED) is 0.142. The van der Waals surface area contributed by atoms with Gasteiger partial charge in [0.15, 0.2) is 0 Å². The largest absolute Gasteiger partial charge is 0.480 e. The van der Waals surface area contributed by atoms with Crippen LogP contribution in [0.2, 0.25) is 0 Å². The predicted molar refractivity (Wildman–Crippen MR) is 103 cm³/mol. The molecule has 0 saturated heterocycles. The number of aliphatic hydroxyl groups is 2. The molecule has 30 heavy (non-hydrogen) atoms. The molecule has 0 aromatic carbocycles. The van der Waals surface area contributed by atoms with Crippen molar-refractivity contribution in [3.05, 3.63) is 0 Å². The first kappa shape index (κ1) is 27.2. The zero-order chi connectivity index (χ0) is 23.6. The van der Waals surface area contributed by atoms with Gasteiger partial charge in [-0.2, -0.15) is 0 Å². The number of primary amides is 1. The molecule has 172 valence electrons. The first-order valence-electron chi connectivity index (χ1n) is 9.28. The lowest BCUT2D eigenvalue weighted by Crippen LogP contribution is -2.60. The van der Waals surface area contributed by atoms with Crippen molar-refractivity contribution < 1.29 is 39.3 Å².